The van der Waals surface area contributed by atoms with E-state index < -0.39 is 0 Å². The average molecular weight is 322 g/mol. The van der Waals surface area contributed by atoms with E-state index >= 15 is 0 Å². The Morgan fingerprint density at radius 3 is 2.67 bits per heavy atom. The summed E-state index contributed by atoms with van der Waals surface area (Å²) >= 11 is 0. The summed E-state index contributed by atoms with van der Waals surface area (Å²) in [5.41, 5.74) is 5.01. The molecule has 0 spiro atoms. The van der Waals surface area contributed by atoms with Crippen LogP contribution in [0.3, 0.4) is 0 Å². The molecule has 4 heteroatoms. The Morgan fingerprint density at radius 1 is 1.08 bits per heavy atom. The minimum atomic E-state index is -0.259. The van der Waals surface area contributed by atoms with Crippen molar-refractivity contribution in [2.75, 3.05) is 6.61 Å². The van der Waals surface area contributed by atoms with Crippen molar-refractivity contribution in [2.45, 2.75) is 33.7 Å². The predicted molar refractivity (Wildman–Crippen MR) is 95.3 cm³/mol. The topological polar surface area (TPSA) is 44.1 Å². The molecule has 0 aliphatic rings. The van der Waals surface area contributed by atoms with Crippen LogP contribution in [0.5, 0.6) is 0 Å². The van der Waals surface area contributed by atoms with Gasteiger partial charge in [0.1, 0.15) is 5.82 Å². The Hall–Kier alpha value is -2.62. The average Bonchev–Trinajstić information content (AvgIpc) is 2.89. The number of hydrogen-bond donors (Lipinski definition) is 0. The van der Waals surface area contributed by atoms with E-state index in [9.17, 15) is 4.79 Å². The van der Waals surface area contributed by atoms with Crippen molar-refractivity contribution in [3.63, 3.8) is 0 Å². The number of fused-ring (bicyclic) bond motifs is 1. The molecule has 0 aliphatic heterocycles. The normalized spacial score (nSPS) is 11.0. The summed E-state index contributed by atoms with van der Waals surface area (Å²) in [6.07, 6.45) is 0.762. The van der Waals surface area contributed by atoms with Gasteiger partial charge in [0.25, 0.3) is 0 Å². The minimum Gasteiger partial charge on any atom is -0.462 e. The largest absolute Gasteiger partial charge is 0.462 e. The van der Waals surface area contributed by atoms with Crippen LogP contribution in [0.2, 0.25) is 0 Å². The van der Waals surface area contributed by atoms with Gasteiger partial charge in [-0.15, -0.1) is 0 Å². The number of nitrogens with zero attached hydrogens (tertiary/aromatic N) is 2. The highest BCUT2D eigenvalue weighted by molar-refractivity contribution is 5.89. The van der Waals surface area contributed by atoms with Gasteiger partial charge in [0.15, 0.2) is 0 Å². The third kappa shape index (κ3) is 3.32. The van der Waals surface area contributed by atoms with Crippen molar-refractivity contribution >= 4 is 17.0 Å². The zero-order chi connectivity index (χ0) is 17.1. The Balaban J connectivity index is 1.57. The second-order valence-electron chi connectivity index (χ2n) is 6.09. The van der Waals surface area contributed by atoms with E-state index in [-0.39, 0.29) is 5.97 Å². The quantitative estimate of drug-likeness (QED) is 0.522. The second-order valence-corrected chi connectivity index (χ2v) is 6.09. The number of carbonyl (C=O) groups excluding carboxylic acids is 1. The molecule has 0 atom stereocenters. The van der Waals surface area contributed by atoms with Gasteiger partial charge in [-0.2, -0.15) is 0 Å². The fourth-order valence-electron chi connectivity index (χ4n) is 2.82. The predicted octanol–water partition coefficient (Wildman–Crippen LogP) is 4.21. The smallest absolute Gasteiger partial charge is 0.338 e. The molecule has 0 aliphatic carbocycles. The molecule has 0 saturated heterocycles. The van der Waals surface area contributed by atoms with Crippen molar-refractivity contribution in [2.24, 2.45) is 0 Å². The second kappa shape index (κ2) is 6.87. The number of aromatic nitrogens is 2. The lowest BCUT2D eigenvalue weighted by Crippen LogP contribution is -2.09. The third-order valence-electron chi connectivity index (χ3n) is 4.35. The van der Waals surface area contributed by atoms with E-state index in [0.717, 1.165) is 35.4 Å². The van der Waals surface area contributed by atoms with Crippen molar-refractivity contribution in [1.29, 1.82) is 0 Å². The molecule has 0 fully saturated rings. The van der Waals surface area contributed by atoms with Gasteiger partial charge in [-0.3, -0.25) is 0 Å². The molecular weight excluding hydrogens is 300 g/mol. The molecule has 1 heterocycles. The first-order chi connectivity index (χ1) is 11.6. The Labute approximate surface area is 142 Å². The maximum Gasteiger partial charge on any atom is 0.338 e. The lowest BCUT2D eigenvalue weighted by atomic mass is 10.1. The summed E-state index contributed by atoms with van der Waals surface area (Å²) in [5, 5.41) is 0. The van der Waals surface area contributed by atoms with Gasteiger partial charge in [-0.05, 0) is 62.6 Å². The van der Waals surface area contributed by atoms with E-state index in [0.29, 0.717) is 12.2 Å². The van der Waals surface area contributed by atoms with E-state index in [4.69, 9.17) is 4.74 Å². The summed E-state index contributed by atoms with van der Waals surface area (Å²) in [4.78, 5) is 16.7. The van der Waals surface area contributed by atoms with Gasteiger partial charge < -0.3 is 9.30 Å². The molecule has 2 aromatic carbocycles. The van der Waals surface area contributed by atoms with Gasteiger partial charge in [-0.25, -0.2) is 9.78 Å². The Kier molecular flexibility index (Phi) is 4.65. The molecule has 0 unspecified atom stereocenters. The number of esters is 1. The number of hydrogen-bond acceptors (Lipinski definition) is 3. The molecule has 3 rings (SSSR count). The van der Waals surface area contributed by atoms with Crippen LogP contribution in [0.25, 0.3) is 11.0 Å². The van der Waals surface area contributed by atoms with Crippen LogP contribution < -0.4 is 0 Å². The first-order valence-corrected chi connectivity index (χ1v) is 8.22. The summed E-state index contributed by atoms with van der Waals surface area (Å²) in [5.74, 6) is 0.724. The molecule has 0 radical (unpaired) electrons. The van der Waals surface area contributed by atoms with Crippen LogP contribution in [0, 0.1) is 20.8 Å². The highest BCUT2D eigenvalue weighted by Crippen LogP contribution is 2.16. The van der Waals surface area contributed by atoms with Crippen LogP contribution in [0.1, 0.15) is 33.7 Å². The highest BCUT2D eigenvalue weighted by Gasteiger charge is 2.09. The zero-order valence-corrected chi connectivity index (χ0v) is 14.4. The number of para-hydroxylation sites is 2. The minimum absolute atomic E-state index is 0.259. The highest BCUT2D eigenvalue weighted by atomic mass is 16.5. The monoisotopic (exact) mass is 322 g/mol. The maximum absolute atomic E-state index is 12.1. The van der Waals surface area contributed by atoms with Crippen LogP contribution >= 0.6 is 0 Å². The Bertz CT molecular complexity index is 880. The lowest BCUT2D eigenvalue weighted by molar-refractivity contribution is 0.0496. The summed E-state index contributed by atoms with van der Waals surface area (Å²) < 4.78 is 7.57. The Morgan fingerprint density at radius 2 is 1.88 bits per heavy atom. The van der Waals surface area contributed by atoms with Crippen molar-refractivity contribution in [3.8, 4) is 0 Å². The van der Waals surface area contributed by atoms with Crippen LogP contribution in [-0.4, -0.2) is 22.1 Å². The van der Waals surface area contributed by atoms with Gasteiger partial charge in [0.05, 0.1) is 23.2 Å². The van der Waals surface area contributed by atoms with E-state index in [1.807, 2.05) is 57.2 Å². The number of ether oxygens (including phenoxy) is 1. The molecule has 0 N–H and O–H groups in total. The SMILES string of the molecule is Cc1ccc(C(=O)OCCCn2c(C)nc3ccccc32)cc1C. The fraction of sp³-hybridized carbons (Fsp3) is 0.300. The summed E-state index contributed by atoms with van der Waals surface area (Å²) in [6, 6.07) is 13.7. The first kappa shape index (κ1) is 16.2. The molecule has 0 saturated carbocycles. The number of carbonyl (C=O) groups is 1. The number of benzene rings is 2. The van der Waals surface area contributed by atoms with Gasteiger partial charge in [0.2, 0.25) is 0 Å². The molecule has 1 aromatic heterocycles. The summed E-state index contributed by atoms with van der Waals surface area (Å²) in [7, 11) is 0. The van der Waals surface area contributed by atoms with E-state index in [1.54, 1.807) is 0 Å². The fourth-order valence-corrected chi connectivity index (χ4v) is 2.82. The summed E-state index contributed by atoms with van der Waals surface area (Å²) in [6.45, 7) is 7.21. The standard InChI is InChI=1S/C20H22N2O2/c1-14-9-10-17(13-15(14)2)20(23)24-12-6-11-22-16(3)21-18-7-4-5-8-19(18)22/h4-5,7-10,13H,6,11-12H2,1-3H3. The zero-order valence-electron chi connectivity index (χ0n) is 14.4. The van der Waals surface area contributed by atoms with Crippen LogP contribution in [0.4, 0.5) is 0 Å². The molecular formula is C20H22N2O2. The van der Waals surface area contributed by atoms with E-state index in [1.165, 1.54) is 5.56 Å². The van der Waals surface area contributed by atoms with Crippen molar-refractivity contribution < 1.29 is 9.53 Å². The third-order valence-corrected chi connectivity index (χ3v) is 4.35. The maximum atomic E-state index is 12.1. The number of rotatable bonds is 5. The van der Waals surface area contributed by atoms with E-state index in [2.05, 4.69) is 15.6 Å². The molecule has 24 heavy (non-hydrogen) atoms. The first-order valence-electron chi connectivity index (χ1n) is 8.22. The lowest BCUT2D eigenvalue weighted by Gasteiger charge is -2.09. The van der Waals surface area contributed by atoms with Crippen molar-refractivity contribution in [3.05, 3.63) is 65.0 Å². The van der Waals surface area contributed by atoms with Crippen LogP contribution in [-0.2, 0) is 11.3 Å². The van der Waals surface area contributed by atoms with Crippen LogP contribution in [0.15, 0.2) is 42.5 Å². The van der Waals surface area contributed by atoms with Crippen molar-refractivity contribution in [1.82, 2.24) is 9.55 Å². The number of aryl methyl sites for hydroxylation is 4. The molecule has 4 nitrogen and oxygen atoms in total. The number of imidazole rings is 1. The molecule has 3 aromatic rings. The molecule has 0 amide bonds. The molecule has 0 bridgehead atoms. The van der Waals surface area contributed by atoms with Gasteiger partial charge in [0, 0.05) is 6.54 Å². The van der Waals surface area contributed by atoms with Gasteiger partial charge in [-0.1, -0.05) is 18.2 Å². The molecule has 124 valence electrons. The van der Waals surface area contributed by atoms with Gasteiger partial charge >= 0.3 is 5.97 Å².